The molecule has 0 aliphatic carbocycles. The van der Waals surface area contributed by atoms with Crippen LogP contribution in [0.25, 0.3) is 10.9 Å². The lowest BCUT2D eigenvalue weighted by Crippen LogP contribution is -2.11. The Balaban J connectivity index is 1.51. The lowest BCUT2D eigenvalue weighted by Gasteiger charge is -2.09. The summed E-state index contributed by atoms with van der Waals surface area (Å²) in [5.74, 6) is 0.159. The highest BCUT2D eigenvalue weighted by Crippen LogP contribution is 2.22. The minimum Gasteiger partial charge on any atom is -0.454 e. The van der Waals surface area contributed by atoms with Gasteiger partial charge in [0.05, 0.1) is 5.56 Å². The third-order valence-electron chi connectivity index (χ3n) is 4.54. The molecule has 0 unspecified atom stereocenters. The molecule has 2 heterocycles. The number of carbonyl (C=O) groups excluding carboxylic acids is 1. The summed E-state index contributed by atoms with van der Waals surface area (Å²) in [7, 11) is 1.88. The second-order valence-corrected chi connectivity index (χ2v) is 6.62. The average Bonchev–Trinajstić information content (AvgIpc) is 3.05. The van der Waals surface area contributed by atoms with Gasteiger partial charge in [0.15, 0.2) is 12.4 Å². The van der Waals surface area contributed by atoms with Crippen molar-refractivity contribution < 1.29 is 9.53 Å². The van der Waals surface area contributed by atoms with Gasteiger partial charge >= 0.3 is 5.97 Å². The molecule has 0 fully saturated rings. The zero-order valence-electron chi connectivity index (χ0n) is 16.1. The van der Waals surface area contributed by atoms with E-state index in [9.17, 15) is 4.79 Å². The Bertz CT molecular complexity index is 1200. The molecule has 29 heavy (non-hydrogen) atoms. The van der Waals surface area contributed by atoms with E-state index < -0.39 is 5.97 Å². The summed E-state index contributed by atoms with van der Waals surface area (Å²) in [5, 5.41) is 3.94. The molecule has 4 aromatic rings. The number of rotatable bonds is 5. The number of ether oxygens (including phenoxy) is 1. The second-order valence-electron chi connectivity index (χ2n) is 6.62. The number of nitrogen functional groups attached to an aromatic ring is 1. The fourth-order valence-electron chi connectivity index (χ4n) is 3.10. The molecular weight excluding hydrogens is 368 g/mol. The number of fused-ring (bicyclic) bond motifs is 1. The van der Waals surface area contributed by atoms with Crippen molar-refractivity contribution in [2.75, 3.05) is 11.1 Å². The van der Waals surface area contributed by atoms with Crippen LogP contribution in [0, 0.1) is 6.92 Å². The van der Waals surface area contributed by atoms with Crippen molar-refractivity contribution in [3.63, 3.8) is 0 Å². The summed E-state index contributed by atoms with van der Waals surface area (Å²) in [5.41, 5.74) is 9.14. The van der Waals surface area contributed by atoms with Crippen molar-refractivity contribution in [1.82, 2.24) is 19.5 Å². The number of esters is 1. The van der Waals surface area contributed by atoms with Gasteiger partial charge in [-0.05, 0) is 24.6 Å². The minimum atomic E-state index is -0.450. The predicted molar refractivity (Wildman–Crippen MR) is 111 cm³/mol. The molecule has 0 spiro atoms. The van der Waals surface area contributed by atoms with Gasteiger partial charge in [-0.1, -0.05) is 36.4 Å². The fourth-order valence-corrected chi connectivity index (χ4v) is 3.10. The second kappa shape index (κ2) is 7.59. The van der Waals surface area contributed by atoms with E-state index in [0.717, 1.165) is 22.2 Å². The summed E-state index contributed by atoms with van der Waals surface area (Å²) in [6, 6.07) is 15.4. The van der Waals surface area contributed by atoms with E-state index in [2.05, 4.69) is 20.3 Å². The Kier molecular flexibility index (Phi) is 4.82. The number of anilines is 3. The van der Waals surface area contributed by atoms with Crippen LogP contribution in [0.4, 0.5) is 17.6 Å². The quantitative estimate of drug-likeness (QED) is 0.505. The highest BCUT2D eigenvalue weighted by atomic mass is 16.5. The van der Waals surface area contributed by atoms with Crippen LogP contribution in [0.15, 0.2) is 54.7 Å². The zero-order valence-corrected chi connectivity index (χ0v) is 16.1. The molecular formula is C21H20N6O2. The fraction of sp³-hybridized carbons (Fsp3) is 0.143. The molecule has 0 amide bonds. The highest BCUT2D eigenvalue weighted by molar-refractivity contribution is 6.04. The van der Waals surface area contributed by atoms with Crippen molar-refractivity contribution >= 4 is 34.5 Å². The number of benzene rings is 2. The summed E-state index contributed by atoms with van der Waals surface area (Å²) >= 11 is 0. The molecule has 0 saturated carbocycles. The highest BCUT2D eigenvalue weighted by Gasteiger charge is 2.16. The minimum absolute atomic E-state index is 0.0484. The Hall–Kier alpha value is -3.94. The number of nitrogens with two attached hydrogens (primary N) is 1. The largest absolute Gasteiger partial charge is 0.454 e. The van der Waals surface area contributed by atoms with Crippen LogP contribution in [0.2, 0.25) is 0 Å². The average molecular weight is 388 g/mol. The first-order valence-corrected chi connectivity index (χ1v) is 9.05. The van der Waals surface area contributed by atoms with Crippen molar-refractivity contribution in [2.45, 2.75) is 13.5 Å². The van der Waals surface area contributed by atoms with E-state index in [1.54, 1.807) is 6.20 Å². The van der Waals surface area contributed by atoms with Crippen molar-refractivity contribution in [3.8, 4) is 0 Å². The Morgan fingerprint density at radius 1 is 1.10 bits per heavy atom. The molecule has 0 aliphatic heterocycles. The van der Waals surface area contributed by atoms with Crippen molar-refractivity contribution in [1.29, 1.82) is 0 Å². The van der Waals surface area contributed by atoms with Gasteiger partial charge in [-0.3, -0.25) is 0 Å². The molecule has 8 heteroatoms. The lowest BCUT2D eigenvalue weighted by atomic mass is 10.2. The molecule has 4 rings (SSSR count). The van der Waals surface area contributed by atoms with Gasteiger partial charge in [-0.15, -0.1) is 0 Å². The Labute approximate surface area is 167 Å². The molecule has 0 atom stereocenters. The van der Waals surface area contributed by atoms with Crippen LogP contribution in [0.1, 0.15) is 21.7 Å². The number of aromatic nitrogens is 4. The van der Waals surface area contributed by atoms with Gasteiger partial charge in [-0.2, -0.15) is 15.0 Å². The summed E-state index contributed by atoms with van der Waals surface area (Å²) < 4.78 is 7.32. The zero-order chi connectivity index (χ0) is 20.4. The first-order chi connectivity index (χ1) is 14.0. The smallest absolute Gasteiger partial charge is 0.340 e. The van der Waals surface area contributed by atoms with Crippen LogP contribution in [0.3, 0.4) is 0 Å². The molecule has 8 nitrogen and oxygen atoms in total. The van der Waals surface area contributed by atoms with Crippen molar-refractivity contribution in [3.05, 3.63) is 71.7 Å². The molecule has 3 N–H and O–H groups in total. The van der Waals surface area contributed by atoms with E-state index in [-0.39, 0.29) is 18.4 Å². The third-order valence-corrected chi connectivity index (χ3v) is 4.54. The lowest BCUT2D eigenvalue weighted by molar-refractivity contribution is 0.0464. The normalized spacial score (nSPS) is 10.8. The van der Waals surface area contributed by atoms with E-state index in [0.29, 0.717) is 11.5 Å². The number of nitrogens with zero attached hydrogens (tertiary/aromatic N) is 4. The van der Waals surface area contributed by atoms with Crippen LogP contribution < -0.4 is 11.1 Å². The Morgan fingerprint density at radius 2 is 1.86 bits per heavy atom. The maximum absolute atomic E-state index is 12.6. The molecule has 146 valence electrons. The topological polar surface area (TPSA) is 108 Å². The summed E-state index contributed by atoms with van der Waals surface area (Å²) in [4.78, 5) is 25.1. The third kappa shape index (κ3) is 3.86. The molecule has 2 aromatic carbocycles. The van der Waals surface area contributed by atoms with Crippen LogP contribution in [-0.2, 0) is 18.4 Å². The maximum atomic E-state index is 12.6. The van der Waals surface area contributed by atoms with Crippen LogP contribution in [-0.4, -0.2) is 25.5 Å². The van der Waals surface area contributed by atoms with Gasteiger partial charge in [0.25, 0.3) is 0 Å². The van der Waals surface area contributed by atoms with E-state index in [1.807, 2.05) is 67.1 Å². The predicted octanol–water partition coefficient (Wildman–Crippen LogP) is 3.35. The first-order valence-electron chi connectivity index (χ1n) is 9.05. The molecule has 2 aromatic heterocycles. The van der Waals surface area contributed by atoms with E-state index >= 15 is 0 Å². The molecule has 0 bridgehead atoms. The summed E-state index contributed by atoms with van der Waals surface area (Å²) in [6.07, 6.45) is 1.75. The number of hydrogen-bond donors (Lipinski definition) is 2. The van der Waals surface area contributed by atoms with Gasteiger partial charge in [0, 0.05) is 29.8 Å². The SMILES string of the molecule is Cc1ccccc1Nc1nc(N)nc(COC(=O)c2cn(C)c3ccccc23)n1. The van der Waals surface area contributed by atoms with Gasteiger partial charge in [0.2, 0.25) is 11.9 Å². The Morgan fingerprint density at radius 3 is 2.69 bits per heavy atom. The number of para-hydroxylation sites is 2. The molecule has 0 radical (unpaired) electrons. The number of nitrogens with one attached hydrogen (secondary N) is 1. The molecule has 0 aliphatic rings. The van der Waals surface area contributed by atoms with E-state index in [1.165, 1.54) is 0 Å². The van der Waals surface area contributed by atoms with Crippen LogP contribution in [0.5, 0.6) is 0 Å². The standard InChI is InChI=1S/C21H20N6O2/c1-13-7-3-5-9-16(13)23-21-25-18(24-20(22)26-21)12-29-19(28)15-11-27(2)17-10-6-4-8-14(15)17/h3-11H,12H2,1-2H3,(H3,22,23,24,25,26). The van der Waals surface area contributed by atoms with Crippen molar-refractivity contribution in [2.24, 2.45) is 7.05 Å². The number of hydrogen-bond acceptors (Lipinski definition) is 7. The van der Waals surface area contributed by atoms with Crippen LogP contribution >= 0.6 is 0 Å². The van der Waals surface area contributed by atoms with Gasteiger partial charge < -0.3 is 20.4 Å². The maximum Gasteiger partial charge on any atom is 0.340 e. The molecule has 0 saturated heterocycles. The number of aryl methyl sites for hydroxylation is 2. The summed E-state index contributed by atoms with van der Waals surface area (Å²) in [6.45, 7) is 1.86. The van der Waals surface area contributed by atoms with Gasteiger partial charge in [0.1, 0.15) is 0 Å². The number of carbonyl (C=O) groups is 1. The van der Waals surface area contributed by atoms with Gasteiger partial charge in [-0.25, -0.2) is 4.79 Å². The van der Waals surface area contributed by atoms with E-state index in [4.69, 9.17) is 10.5 Å². The first kappa shape index (κ1) is 18.4. The monoisotopic (exact) mass is 388 g/mol.